The average molecular weight is 255 g/mol. The maximum absolute atomic E-state index is 11.6. The number of halogens is 1. The fourth-order valence-electron chi connectivity index (χ4n) is 1.28. The minimum atomic E-state index is -1.20. The van der Waals surface area contributed by atoms with Crippen molar-refractivity contribution in [3.63, 3.8) is 0 Å². The Balaban J connectivity index is 2.46. The molecule has 0 aliphatic heterocycles. The summed E-state index contributed by atoms with van der Waals surface area (Å²) in [5.41, 5.74) is -0.204. The highest BCUT2D eigenvalue weighted by molar-refractivity contribution is 6.29. The number of amides is 1. The van der Waals surface area contributed by atoms with E-state index >= 15 is 0 Å². The summed E-state index contributed by atoms with van der Waals surface area (Å²) in [5.74, 6) is 0.180. The Morgan fingerprint density at radius 1 is 1.47 bits per heavy atom. The van der Waals surface area contributed by atoms with Crippen LogP contribution in [0.5, 0.6) is 0 Å². The second-order valence-electron chi connectivity index (χ2n) is 3.18. The van der Waals surface area contributed by atoms with Gasteiger partial charge < -0.3 is 15.4 Å². The molecule has 0 radical (unpaired) electrons. The number of aromatic amines is 1. The van der Waals surface area contributed by atoms with E-state index in [9.17, 15) is 9.59 Å². The van der Waals surface area contributed by atoms with Crippen LogP contribution in [0.25, 0.3) is 11.0 Å². The smallest absolute Gasteiger partial charge is 0.405 e. The fourth-order valence-corrected chi connectivity index (χ4v) is 1.43. The van der Waals surface area contributed by atoms with Gasteiger partial charge in [0.2, 0.25) is 0 Å². The molecule has 17 heavy (non-hydrogen) atoms. The van der Waals surface area contributed by atoms with Crippen molar-refractivity contribution in [1.82, 2.24) is 20.3 Å². The Morgan fingerprint density at radius 2 is 2.24 bits per heavy atom. The number of rotatable bonds is 2. The molecule has 0 saturated carbocycles. The normalized spacial score (nSPS) is 10.4. The molecule has 0 bridgehead atoms. The molecule has 0 aromatic carbocycles. The molecule has 0 spiro atoms. The Labute approximate surface area is 99.5 Å². The topological polar surface area (TPSA) is 108 Å². The van der Waals surface area contributed by atoms with E-state index in [1.54, 1.807) is 0 Å². The highest BCUT2D eigenvalue weighted by Crippen LogP contribution is 2.09. The van der Waals surface area contributed by atoms with Gasteiger partial charge >= 0.3 is 6.09 Å². The molecule has 2 aromatic rings. The Morgan fingerprint density at radius 3 is 2.94 bits per heavy atom. The van der Waals surface area contributed by atoms with Gasteiger partial charge in [-0.15, -0.1) is 0 Å². The molecule has 8 heteroatoms. The van der Waals surface area contributed by atoms with Crippen molar-refractivity contribution in [2.75, 3.05) is 0 Å². The monoisotopic (exact) mass is 254 g/mol. The van der Waals surface area contributed by atoms with E-state index in [0.717, 1.165) is 0 Å². The molecular weight excluding hydrogens is 248 g/mol. The summed E-state index contributed by atoms with van der Waals surface area (Å²) in [5, 5.41) is 11.0. The highest BCUT2D eigenvalue weighted by atomic mass is 35.5. The van der Waals surface area contributed by atoms with Crippen molar-refractivity contribution in [2.24, 2.45) is 0 Å². The van der Waals surface area contributed by atoms with E-state index < -0.39 is 6.09 Å². The predicted octanol–water partition coefficient (Wildman–Crippen LogP) is 0.739. The number of carbonyl (C=O) groups is 1. The maximum Gasteiger partial charge on any atom is 0.405 e. The maximum atomic E-state index is 11.6. The van der Waals surface area contributed by atoms with Crippen LogP contribution in [-0.4, -0.2) is 26.2 Å². The third-order valence-corrected chi connectivity index (χ3v) is 2.20. The van der Waals surface area contributed by atoms with Crippen molar-refractivity contribution in [3.05, 3.63) is 33.5 Å². The summed E-state index contributed by atoms with van der Waals surface area (Å²) in [6.07, 6.45) is -1.20. The number of hydrogen-bond acceptors (Lipinski definition) is 4. The van der Waals surface area contributed by atoms with E-state index in [0.29, 0.717) is 5.39 Å². The van der Waals surface area contributed by atoms with Crippen molar-refractivity contribution in [3.8, 4) is 0 Å². The average Bonchev–Trinajstić information content (AvgIpc) is 2.25. The van der Waals surface area contributed by atoms with E-state index in [-0.39, 0.29) is 28.7 Å². The van der Waals surface area contributed by atoms with Gasteiger partial charge in [-0.2, -0.15) is 0 Å². The second-order valence-corrected chi connectivity index (χ2v) is 3.56. The first kappa shape index (κ1) is 11.3. The SMILES string of the molecule is O=C(O)NCc1nc2nc(Cl)ccc2c(=O)[nH]1. The lowest BCUT2D eigenvalue weighted by molar-refractivity contribution is 0.193. The van der Waals surface area contributed by atoms with Gasteiger partial charge in [0.1, 0.15) is 11.0 Å². The van der Waals surface area contributed by atoms with Crippen LogP contribution in [0.4, 0.5) is 4.79 Å². The standard InChI is InChI=1S/C9H7ClN4O3/c10-5-2-1-4-7(12-5)13-6(14-8(4)15)3-11-9(16)17/h1-2,11H,3H2,(H,16,17)(H,12,13,14,15). The quantitative estimate of drug-likeness (QED) is 0.685. The zero-order valence-electron chi connectivity index (χ0n) is 8.40. The molecule has 88 valence electrons. The molecule has 1 amide bonds. The van der Waals surface area contributed by atoms with Crippen LogP contribution in [0.3, 0.4) is 0 Å². The van der Waals surface area contributed by atoms with Crippen LogP contribution >= 0.6 is 11.6 Å². The molecule has 2 heterocycles. The van der Waals surface area contributed by atoms with Gasteiger partial charge in [-0.05, 0) is 12.1 Å². The van der Waals surface area contributed by atoms with Gasteiger partial charge in [0.05, 0.1) is 11.9 Å². The lowest BCUT2D eigenvalue weighted by atomic mass is 10.3. The first-order valence-electron chi connectivity index (χ1n) is 4.58. The largest absolute Gasteiger partial charge is 0.465 e. The molecule has 7 nitrogen and oxygen atoms in total. The number of pyridine rings is 1. The lowest BCUT2D eigenvalue weighted by Crippen LogP contribution is -2.23. The number of carboxylic acid groups (broad SMARTS) is 1. The number of nitrogens with zero attached hydrogens (tertiary/aromatic N) is 2. The van der Waals surface area contributed by atoms with Gasteiger partial charge in [0, 0.05) is 0 Å². The molecule has 2 rings (SSSR count). The van der Waals surface area contributed by atoms with E-state index in [1.807, 2.05) is 0 Å². The lowest BCUT2D eigenvalue weighted by Gasteiger charge is -2.02. The molecule has 2 aromatic heterocycles. The number of aromatic nitrogens is 3. The summed E-state index contributed by atoms with van der Waals surface area (Å²) >= 11 is 5.68. The van der Waals surface area contributed by atoms with Gasteiger partial charge in [-0.1, -0.05) is 11.6 Å². The van der Waals surface area contributed by atoms with Gasteiger partial charge in [-0.25, -0.2) is 14.8 Å². The van der Waals surface area contributed by atoms with Crippen molar-refractivity contribution in [1.29, 1.82) is 0 Å². The Kier molecular flexibility index (Phi) is 2.92. The van der Waals surface area contributed by atoms with Crippen molar-refractivity contribution >= 4 is 28.7 Å². The van der Waals surface area contributed by atoms with Crippen LogP contribution in [0.2, 0.25) is 5.15 Å². The second kappa shape index (κ2) is 4.38. The Bertz CT molecular complexity index is 640. The minimum absolute atomic E-state index is 0.102. The number of H-pyrrole nitrogens is 1. The van der Waals surface area contributed by atoms with Crippen molar-refractivity contribution < 1.29 is 9.90 Å². The molecule has 0 aliphatic rings. The molecule has 0 saturated heterocycles. The van der Waals surface area contributed by atoms with Crippen LogP contribution < -0.4 is 10.9 Å². The molecule has 0 fully saturated rings. The zero-order chi connectivity index (χ0) is 12.4. The van der Waals surface area contributed by atoms with Gasteiger partial charge in [0.15, 0.2) is 5.65 Å². The highest BCUT2D eigenvalue weighted by Gasteiger charge is 2.06. The fraction of sp³-hybridized carbons (Fsp3) is 0.111. The Hall–Kier alpha value is -2.15. The number of fused-ring (bicyclic) bond motifs is 1. The molecule has 3 N–H and O–H groups in total. The van der Waals surface area contributed by atoms with Crippen LogP contribution in [0.1, 0.15) is 5.82 Å². The third-order valence-electron chi connectivity index (χ3n) is 1.99. The summed E-state index contributed by atoms with van der Waals surface area (Å²) in [7, 11) is 0. The zero-order valence-corrected chi connectivity index (χ0v) is 9.15. The summed E-state index contributed by atoms with van der Waals surface area (Å²) in [4.78, 5) is 32.2. The first-order valence-corrected chi connectivity index (χ1v) is 4.96. The molecular formula is C9H7ClN4O3. The van der Waals surface area contributed by atoms with E-state index in [2.05, 4.69) is 20.3 Å². The van der Waals surface area contributed by atoms with Crippen molar-refractivity contribution in [2.45, 2.75) is 6.54 Å². The minimum Gasteiger partial charge on any atom is -0.465 e. The molecule has 0 unspecified atom stereocenters. The van der Waals surface area contributed by atoms with Gasteiger partial charge in [-0.3, -0.25) is 4.79 Å². The van der Waals surface area contributed by atoms with Crippen LogP contribution in [0.15, 0.2) is 16.9 Å². The molecule has 0 atom stereocenters. The summed E-state index contributed by atoms with van der Waals surface area (Å²) < 4.78 is 0. The number of nitrogens with one attached hydrogen (secondary N) is 2. The van der Waals surface area contributed by atoms with E-state index in [4.69, 9.17) is 16.7 Å². The van der Waals surface area contributed by atoms with Crippen LogP contribution in [0, 0.1) is 0 Å². The first-order chi connectivity index (χ1) is 8.06. The van der Waals surface area contributed by atoms with Crippen LogP contribution in [-0.2, 0) is 6.54 Å². The summed E-state index contributed by atoms with van der Waals surface area (Å²) in [6.45, 7) is -0.102. The summed E-state index contributed by atoms with van der Waals surface area (Å²) in [6, 6.07) is 2.99. The number of hydrogen-bond donors (Lipinski definition) is 3. The van der Waals surface area contributed by atoms with Gasteiger partial charge in [0.25, 0.3) is 5.56 Å². The van der Waals surface area contributed by atoms with E-state index in [1.165, 1.54) is 12.1 Å². The third kappa shape index (κ3) is 2.51. The molecule has 0 aliphatic carbocycles. The predicted molar refractivity (Wildman–Crippen MR) is 60.0 cm³/mol.